The first-order valence-corrected chi connectivity index (χ1v) is 13.1. The van der Waals surface area contributed by atoms with Gasteiger partial charge in [0.25, 0.3) is 0 Å². The third kappa shape index (κ3) is 12.5. The zero-order valence-corrected chi connectivity index (χ0v) is 20.4. The van der Waals surface area contributed by atoms with Crippen molar-refractivity contribution >= 4 is 18.6 Å². The summed E-state index contributed by atoms with van der Waals surface area (Å²) in [6, 6.07) is 14.1. The highest BCUT2D eigenvalue weighted by Crippen LogP contribution is 2.43. The van der Waals surface area contributed by atoms with Crippen LogP contribution >= 0.6 is 7.82 Å². The first-order valence-electron chi connectivity index (χ1n) is 11.6. The average Bonchev–Trinajstić information content (AvgIpc) is 2.82. The van der Waals surface area contributed by atoms with E-state index in [9.17, 15) is 9.46 Å². The summed E-state index contributed by atoms with van der Waals surface area (Å²) in [6.45, 7) is 5.12. The van der Waals surface area contributed by atoms with E-state index in [0.717, 1.165) is 42.2 Å². The third-order valence-corrected chi connectivity index (χ3v) is 5.73. The fraction of sp³-hybridized carbons (Fsp3) is 0.583. The lowest BCUT2D eigenvalue weighted by Crippen LogP contribution is -2.13. The van der Waals surface area contributed by atoms with Crippen molar-refractivity contribution in [2.45, 2.75) is 32.6 Å². The van der Waals surface area contributed by atoms with Crippen molar-refractivity contribution in [2.24, 2.45) is 0 Å². The molecule has 0 fully saturated rings. The molecule has 0 amide bonds. The lowest BCUT2D eigenvalue weighted by atomic mass is 10.1. The van der Waals surface area contributed by atoms with Gasteiger partial charge in [-0.3, -0.25) is 9.05 Å². The van der Waals surface area contributed by atoms with E-state index in [2.05, 4.69) is 19.1 Å². The van der Waals surface area contributed by atoms with Crippen LogP contribution in [0.3, 0.4) is 0 Å². The minimum absolute atomic E-state index is 0.0114. The third-order valence-electron chi connectivity index (χ3n) is 4.71. The quantitative estimate of drug-likeness (QED) is 0.208. The second kappa shape index (κ2) is 17.0. The van der Waals surface area contributed by atoms with Crippen molar-refractivity contribution in [2.75, 3.05) is 59.5 Å². The van der Waals surface area contributed by atoms with Gasteiger partial charge < -0.3 is 23.8 Å². The highest BCUT2D eigenvalue weighted by Gasteiger charge is 2.20. The summed E-state index contributed by atoms with van der Waals surface area (Å²) in [7, 11) is -3.99. The van der Waals surface area contributed by atoms with Gasteiger partial charge in [-0.25, -0.2) is 4.57 Å². The molecule has 0 bridgehead atoms. The Morgan fingerprint density at radius 1 is 0.697 bits per heavy atom. The normalized spacial score (nSPS) is 13.3. The summed E-state index contributed by atoms with van der Waals surface area (Å²) in [5.41, 5.74) is 0. The molecule has 186 valence electrons. The van der Waals surface area contributed by atoms with E-state index >= 15 is 0 Å². The fourth-order valence-electron chi connectivity index (χ4n) is 3.03. The van der Waals surface area contributed by atoms with Crippen LogP contribution in [0.5, 0.6) is 5.75 Å². The smallest absolute Gasteiger partial charge is 0.472 e. The number of hydrogen-bond acceptors (Lipinski definition) is 7. The minimum atomic E-state index is -3.99. The zero-order chi connectivity index (χ0) is 23.6. The molecule has 2 rings (SSSR count). The number of rotatable bonds is 20. The van der Waals surface area contributed by atoms with Crippen molar-refractivity contribution in [3.63, 3.8) is 0 Å². The Kier molecular flexibility index (Phi) is 14.3. The molecule has 0 saturated heterocycles. The van der Waals surface area contributed by atoms with E-state index in [4.69, 9.17) is 28.0 Å². The predicted octanol–water partition coefficient (Wildman–Crippen LogP) is 4.98. The number of ether oxygens (including phenoxy) is 4. The van der Waals surface area contributed by atoms with Crippen LogP contribution in [0.25, 0.3) is 10.8 Å². The summed E-state index contributed by atoms with van der Waals surface area (Å²) in [5.74, 6) is 0.852. The molecule has 33 heavy (non-hydrogen) atoms. The number of benzene rings is 2. The molecule has 2 aromatic carbocycles. The van der Waals surface area contributed by atoms with Crippen LogP contribution < -0.4 is 4.74 Å². The molecule has 1 N–H and O–H groups in total. The Bertz CT molecular complexity index is 811. The molecule has 9 heteroatoms. The standard InChI is InChI=1S/C24H37O8P/c1-2-3-4-7-13-31-33(25,26)32-21-19-29-17-15-27-14-16-28-18-20-30-24-12-8-10-22-9-5-6-11-23(22)24/h5-6,8-12H,2-4,7,13-21H2,1H3,(H,25,26). The molecule has 0 spiro atoms. The van der Waals surface area contributed by atoms with Crippen LogP contribution in [0.4, 0.5) is 0 Å². The molecule has 0 aromatic heterocycles. The van der Waals surface area contributed by atoms with Crippen molar-refractivity contribution < 1.29 is 37.5 Å². The van der Waals surface area contributed by atoms with Crippen molar-refractivity contribution in [1.82, 2.24) is 0 Å². The van der Waals surface area contributed by atoms with Gasteiger partial charge in [0, 0.05) is 5.39 Å². The maximum atomic E-state index is 11.7. The molecule has 2 aromatic rings. The Labute approximate surface area is 196 Å². The lowest BCUT2D eigenvalue weighted by molar-refractivity contribution is 0.00283. The maximum Gasteiger partial charge on any atom is 0.472 e. The summed E-state index contributed by atoms with van der Waals surface area (Å²) >= 11 is 0. The predicted molar refractivity (Wildman–Crippen MR) is 128 cm³/mol. The van der Waals surface area contributed by atoms with Gasteiger partial charge in [-0.15, -0.1) is 0 Å². The second-order valence-corrected chi connectivity index (χ2v) is 8.81. The van der Waals surface area contributed by atoms with Gasteiger partial charge in [0.2, 0.25) is 0 Å². The molecule has 8 nitrogen and oxygen atoms in total. The largest absolute Gasteiger partial charge is 0.491 e. The van der Waals surface area contributed by atoms with Crippen LogP contribution in [0.1, 0.15) is 32.6 Å². The number of phosphoric acid groups is 1. The monoisotopic (exact) mass is 484 g/mol. The number of unbranched alkanes of at least 4 members (excludes halogenated alkanes) is 3. The number of fused-ring (bicyclic) bond motifs is 1. The first kappa shape index (κ1) is 27.7. The summed E-state index contributed by atoms with van der Waals surface area (Å²) in [6.07, 6.45) is 3.91. The van der Waals surface area contributed by atoms with Gasteiger partial charge in [-0.2, -0.15) is 0 Å². The van der Waals surface area contributed by atoms with E-state index in [1.54, 1.807) is 0 Å². The van der Waals surface area contributed by atoms with Crippen molar-refractivity contribution in [3.8, 4) is 5.75 Å². The van der Waals surface area contributed by atoms with Crippen LogP contribution in [-0.4, -0.2) is 64.4 Å². The van der Waals surface area contributed by atoms with Crippen molar-refractivity contribution in [3.05, 3.63) is 42.5 Å². The Morgan fingerprint density at radius 3 is 2.03 bits per heavy atom. The highest BCUT2D eigenvalue weighted by atomic mass is 31.2. The topological polar surface area (TPSA) is 92.7 Å². The van der Waals surface area contributed by atoms with Gasteiger partial charge in [-0.05, 0) is 17.9 Å². The second-order valence-electron chi connectivity index (χ2n) is 7.36. The number of hydrogen-bond donors (Lipinski definition) is 1. The molecule has 0 aliphatic heterocycles. The minimum Gasteiger partial charge on any atom is -0.491 e. The molecule has 1 atom stereocenters. The summed E-state index contributed by atoms with van der Waals surface area (Å²) in [5, 5.41) is 2.24. The summed E-state index contributed by atoms with van der Waals surface area (Å²) in [4.78, 5) is 9.55. The fourth-order valence-corrected chi connectivity index (χ4v) is 3.77. The molecule has 0 aliphatic rings. The number of phosphoric ester groups is 1. The van der Waals surface area contributed by atoms with E-state index in [1.165, 1.54) is 0 Å². The van der Waals surface area contributed by atoms with E-state index in [-0.39, 0.29) is 19.8 Å². The van der Waals surface area contributed by atoms with Crippen LogP contribution in [0.15, 0.2) is 42.5 Å². The molecule has 0 aliphatic carbocycles. The van der Waals surface area contributed by atoms with Crippen LogP contribution in [0, 0.1) is 0 Å². The van der Waals surface area contributed by atoms with Gasteiger partial charge in [0.1, 0.15) is 12.4 Å². The van der Waals surface area contributed by atoms with E-state index < -0.39 is 7.82 Å². The Balaban J connectivity index is 1.37. The Hall–Kier alpha value is -1.51. The van der Waals surface area contributed by atoms with Crippen molar-refractivity contribution in [1.29, 1.82) is 0 Å². The molecule has 1 unspecified atom stereocenters. The summed E-state index contributed by atoms with van der Waals surface area (Å²) < 4.78 is 43.5. The van der Waals surface area contributed by atoms with Gasteiger partial charge in [-0.1, -0.05) is 62.6 Å². The van der Waals surface area contributed by atoms with Gasteiger partial charge in [0.05, 0.1) is 52.9 Å². The molecule has 0 radical (unpaired) electrons. The van der Waals surface area contributed by atoms with Crippen LogP contribution in [-0.2, 0) is 27.8 Å². The van der Waals surface area contributed by atoms with Gasteiger partial charge >= 0.3 is 7.82 Å². The Morgan fingerprint density at radius 2 is 1.30 bits per heavy atom. The van der Waals surface area contributed by atoms with E-state index in [0.29, 0.717) is 39.6 Å². The zero-order valence-electron chi connectivity index (χ0n) is 19.5. The molecular formula is C24H37O8P. The maximum absolute atomic E-state index is 11.7. The molecular weight excluding hydrogens is 447 g/mol. The lowest BCUT2D eigenvalue weighted by Gasteiger charge is -2.12. The first-order chi connectivity index (χ1) is 16.1. The van der Waals surface area contributed by atoms with E-state index in [1.807, 2.05) is 30.3 Å². The highest BCUT2D eigenvalue weighted by molar-refractivity contribution is 7.47. The van der Waals surface area contributed by atoms with Gasteiger partial charge in [0.15, 0.2) is 0 Å². The molecule has 0 saturated carbocycles. The molecule has 0 heterocycles. The SMILES string of the molecule is CCCCCCOP(=O)(O)OCCOCCOCCOCCOc1cccc2ccccc12. The average molecular weight is 485 g/mol. The van der Waals surface area contributed by atoms with Crippen LogP contribution in [0.2, 0.25) is 0 Å².